The summed E-state index contributed by atoms with van der Waals surface area (Å²) in [6.07, 6.45) is 1.87. The minimum Gasteiger partial charge on any atom is -0.451 e. The zero-order valence-corrected chi connectivity index (χ0v) is 17.9. The van der Waals surface area contributed by atoms with Gasteiger partial charge in [0.1, 0.15) is 29.4 Å². The Balaban J connectivity index is 1.44. The van der Waals surface area contributed by atoms with Crippen LogP contribution in [0.5, 0.6) is 0 Å². The number of aromatic nitrogens is 5. The van der Waals surface area contributed by atoms with Crippen molar-refractivity contribution in [2.45, 2.75) is 31.2 Å². The Bertz CT molecular complexity index is 1370. The smallest absolute Gasteiger partial charge is 0.411 e. The summed E-state index contributed by atoms with van der Waals surface area (Å²) in [5, 5.41) is 8.79. The second-order valence-electron chi connectivity index (χ2n) is 8.05. The van der Waals surface area contributed by atoms with Crippen LogP contribution in [0.3, 0.4) is 0 Å². The number of carbonyl (C=O) groups excluding carboxylic acids is 1. The van der Waals surface area contributed by atoms with E-state index in [9.17, 15) is 22.4 Å². The predicted octanol–water partition coefficient (Wildman–Crippen LogP) is 3.91. The van der Waals surface area contributed by atoms with E-state index in [-0.39, 0.29) is 23.2 Å². The third kappa shape index (κ3) is 4.67. The molecule has 4 aromatic heterocycles. The van der Waals surface area contributed by atoms with Crippen molar-refractivity contribution in [2.24, 2.45) is 5.73 Å². The van der Waals surface area contributed by atoms with Gasteiger partial charge in [-0.15, -0.1) is 0 Å². The van der Waals surface area contributed by atoms with Crippen LogP contribution in [0.1, 0.15) is 29.4 Å². The Morgan fingerprint density at radius 2 is 2.00 bits per heavy atom. The summed E-state index contributed by atoms with van der Waals surface area (Å²) in [6, 6.07) is 5.47. The van der Waals surface area contributed by atoms with Gasteiger partial charge in [0.2, 0.25) is 0 Å². The lowest BCUT2D eigenvalue weighted by Crippen LogP contribution is -2.36. The lowest BCUT2D eigenvalue weighted by molar-refractivity contribution is -0.196. The Labute approximate surface area is 195 Å². The second-order valence-corrected chi connectivity index (χ2v) is 8.05. The van der Waals surface area contributed by atoms with Crippen LogP contribution in [-0.4, -0.2) is 49.3 Å². The summed E-state index contributed by atoms with van der Waals surface area (Å²) >= 11 is 0. The minimum atomic E-state index is -4.39. The normalized spacial score (nSPS) is 17.9. The molecule has 1 aliphatic carbocycles. The number of primary amides is 1. The molecule has 5 rings (SSSR count). The van der Waals surface area contributed by atoms with E-state index in [1.807, 2.05) is 0 Å². The summed E-state index contributed by atoms with van der Waals surface area (Å²) in [4.78, 5) is 15.4. The maximum Gasteiger partial charge on any atom is 0.411 e. The SMILES string of the molecule is NC(=O)c1ccc(-c2cnn(-c3cn(C4CC(OCC(F)(F)F)C4)nc3-c3ncccc3F)c2)o1. The van der Waals surface area contributed by atoms with Gasteiger partial charge in [-0.05, 0) is 37.1 Å². The first kappa shape index (κ1) is 22.8. The molecule has 1 saturated carbocycles. The molecule has 2 N–H and O–H groups in total. The van der Waals surface area contributed by atoms with Gasteiger partial charge in [0.25, 0.3) is 5.91 Å². The topological polar surface area (TPSA) is 114 Å². The van der Waals surface area contributed by atoms with Gasteiger partial charge in [0, 0.05) is 12.4 Å². The van der Waals surface area contributed by atoms with Gasteiger partial charge in [-0.25, -0.2) is 9.07 Å². The van der Waals surface area contributed by atoms with Crippen LogP contribution in [0, 0.1) is 5.82 Å². The summed E-state index contributed by atoms with van der Waals surface area (Å²) in [6.45, 7) is -1.31. The van der Waals surface area contributed by atoms with E-state index in [4.69, 9.17) is 14.9 Å². The molecule has 1 amide bonds. The quantitative estimate of drug-likeness (QED) is 0.393. The van der Waals surface area contributed by atoms with E-state index in [2.05, 4.69) is 15.2 Å². The number of rotatable bonds is 7. The number of carbonyl (C=O) groups is 1. The highest BCUT2D eigenvalue weighted by molar-refractivity contribution is 5.90. The van der Waals surface area contributed by atoms with Crippen molar-refractivity contribution < 1.29 is 31.5 Å². The van der Waals surface area contributed by atoms with Crippen LogP contribution in [0.2, 0.25) is 0 Å². The lowest BCUT2D eigenvalue weighted by atomic mass is 9.89. The van der Waals surface area contributed by atoms with Gasteiger partial charge in [-0.1, -0.05) is 0 Å². The fourth-order valence-electron chi connectivity index (χ4n) is 3.77. The molecule has 0 bridgehead atoms. The van der Waals surface area contributed by atoms with Crippen molar-refractivity contribution >= 4 is 5.91 Å². The van der Waals surface area contributed by atoms with Crippen LogP contribution in [0.25, 0.3) is 28.4 Å². The van der Waals surface area contributed by atoms with Crippen molar-refractivity contribution in [3.63, 3.8) is 0 Å². The van der Waals surface area contributed by atoms with E-state index in [1.165, 1.54) is 35.3 Å². The van der Waals surface area contributed by atoms with Crippen LogP contribution >= 0.6 is 0 Å². The Morgan fingerprint density at radius 3 is 2.69 bits per heavy atom. The number of nitrogens with two attached hydrogens (primary N) is 1. The number of alkyl halides is 3. The largest absolute Gasteiger partial charge is 0.451 e. The van der Waals surface area contributed by atoms with Crippen molar-refractivity contribution in [3.05, 3.63) is 60.6 Å². The standard InChI is InChI=1S/C22H18F4N6O3/c23-15-2-1-5-28-19(15)20-16(10-31(30-20)13-6-14(7-13)34-11-22(24,25)26)32-9-12(8-29-32)17-3-4-18(35-17)21(27)33/h1-5,8-10,13-14H,6-7,11H2,(H2,27,33). The zero-order chi connectivity index (χ0) is 24.7. The first-order valence-electron chi connectivity index (χ1n) is 10.5. The molecule has 4 heterocycles. The second kappa shape index (κ2) is 8.65. The van der Waals surface area contributed by atoms with Gasteiger partial charge in [-0.3, -0.25) is 14.5 Å². The van der Waals surface area contributed by atoms with Gasteiger partial charge in [-0.2, -0.15) is 23.4 Å². The van der Waals surface area contributed by atoms with E-state index in [0.717, 1.165) is 0 Å². The van der Waals surface area contributed by atoms with Crippen LogP contribution in [0.4, 0.5) is 17.6 Å². The molecule has 13 heteroatoms. The molecular weight excluding hydrogens is 472 g/mol. The van der Waals surface area contributed by atoms with Gasteiger partial charge >= 0.3 is 6.18 Å². The fraction of sp³-hybridized carbons (Fsp3) is 0.273. The molecule has 4 aromatic rings. The van der Waals surface area contributed by atoms with Crippen LogP contribution in [-0.2, 0) is 4.74 Å². The number of furan rings is 1. The summed E-state index contributed by atoms with van der Waals surface area (Å²) in [5.74, 6) is -0.963. The maximum atomic E-state index is 14.6. The van der Waals surface area contributed by atoms with Gasteiger partial charge < -0.3 is 14.9 Å². The van der Waals surface area contributed by atoms with Crippen LogP contribution < -0.4 is 5.73 Å². The number of hydrogen-bond acceptors (Lipinski definition) is 6. The first-order chi connectivity index (χ1) is 16.7. The third-order valence-electron chi connectivity index (χ3n) is 5.58. The molecule has 0 saturated heterocycles. The monoisotopic (exact) mass is 490 g/mol. The molecule has 1 fully saturated rings. The fourth-order valence-corrected chi connectivity index (χ4v) is 3.77. The number of hydrogen-bond donors (Lipinski definition) is 1. The van der Waals surface area contributed by atoms with Crippen molar-refractivity contribution in [1.82, 2.24) is 24.5 Å². The predicted molar refractivity (Wildman–Crippen MR) is 113 cm³/mol. The van der Waals surface area contributed by atoms with Crippen molar-refractivity contribution in [1.29, 1.82) is 0 Å². The van der Waals surface area contributed by atoms with E-state index >= 15 is 0 Å². The summed E-state index contributed by atoms with van der Waals surface area (Å²) in [5.41, 5.74) is 6.36. The summed E-state index contributed by atoms with van der Waals surface area (Å²) in [7, 11) is 0. The Kier molecular flexibility index (Phi) is 5.63. The maximum absolute atomic E-state index is 14.6. The molecule has 0 aromatic carbocycles. The Hall–Kier alpha value is -4.00. The molecule has 1 aliphatic rings. The highest BCUT2D eigenvalue weighted by Gasteiger charge is 2.37. The molecule has 0 atom stereocenters. The number of pyridine rings is 1. The molecule has 9 nitrogen and oxygen atoms in total. The summed E-state index contributed by atoms with van der Waals surface area (Å²) < 4.78 is 65.1. The first-order valence-corrected chi connectivity index (χ1v) is 10.5. The highest BCUT2D eigenvalue weighted by atomic mass is 19.4. The molecule has 0 unspecified atom stereocenters. The average Bonchev–Trinajstić information content (AvgIpc) is 3.51. The van der Waals surface area contributed by atoms with Crippen LogP contribution in [0.15, 0.2) is 53.5 Å². The molecule has 0 radical (unpaired) electrons. The molecule has 0 aliphatic heterocycles. The highest BCUT2D eigenvalue weighted by Crippen LogP contribution is 2.37. The van der Waals surface area contributed by atoms with Gasteiger partial charge in [0.05, 0.1) is 30.1 Å². The minimum absolute atomic E-state index is 0.00323. The van der Waals surface area contributed by atoms with E-state index in [0.29, 0.717) is 29.9 Å². The van der Waals surface area contributed by atoms with Crippen molar-refractivity contribution in [3.8, 4) is 28.4 Å². The van der Waals surface area contributed by atoms with E-state index < -0.39 is 30.6 Å². The molecule has 0 spiro atoms. The molecule has 35 heavy (non-hydrogen) atoms. The molecular formula is C22H18F4N6O3. The average molecular weight is 490 g/mol. The van der Waals surface area contributed by atoms with Gasteiger partial charge in [0.15, 0.2) is 11.6 Å². The number of halogens is 4. The lowest BCUT2D eigenvalue weighted by Gasteiger charge is -2.35. The van der Waals surface area contributed by atoms with Crippen molar-refractivity contribution in [2.75, 3.05) is 6.61 Å². The molecule has 182 valence electrons. The van der Waals surface area contributed by atoms with E-state index in [1.54, 1.807) is 23.1 Å². The number of nitrogens with zero attached hydrogens (tertiary/aromatic N) is 5. The number of amides is 1. The number of ether oxygens (including phenoxy) is 1. The third-order valence-corrected chi connectivity index (χ3v) is 5.58. The zero-order valence-electron chi connectivity index (χ0n) is 17.9. The Morgan fingerprint density at radius 1 is 1.20 bits per heavy atom.